The van der Waals surface area contributed by atoms with Crippen molar-refractivity contribution in [2.45, 2.75) is 101 Å². The lowest BCUT2D eigenvalue weighted by molar-refractivity contribution is 0.0113. The molecule has 9 heteroatoms. The molecule has 0 aliphatic carbocycles. The number of carbonyl (C=O) groups excluding carboxylic acids is 1. The first-order chi connectivity index (χ1) is 17.2. The molecule has 0 saturated carbocycles. The van der Waals surface area contributed by atoms with Gasteiger partial charge in [0.25, 0.3) is 0 Å². The molecular weight excluding hydrogens is 498 g/mol. The number of amides is 1. The van der Waals surface area contributed by atoms with Gasteiger partial charge < -0.3 is 9.64 Å². The predicted molar refractivity (Wildman–Crippen MR) is 143 cm³/mol. The van der Waals surface area contributed by atoms with Crippen LogP contribution in [0.3, 0.4) is 0 Å². The number of ether oxygens (including phenoxy) is 1. The van der Waals surface area contributed by atoms with Crippen LogP contribution in [0.15, 0.2) is 29.2 Å². The molecule has 1 aromatic carbocycles. The lowest BCUT2D eigenvalue weighted by Gasteiger charge is -2.48. The fraction of sp³-hybridized carbons (Fsp3) is 0.741. The number of nitrogens with zero attached hydrogens (tertiary/aromatic N) is 3. The molecular formula is C27H42ClN3O4S. The Kier molecular flexibility index (Phi) is 9.23. The summed E-state index contributed by atoms with van der Waals surface area (Å²) in [5, 5.41) is 0.501. The zero-order valence-electron chi connectivity index (χ0n) is 21.8. The maximum absolute atomic E-state index is 13.7. The molecule has 7 nitrogen and oxygen atoms in total. The lowest BCUT2D eigenvalue weighted by Crippen LogP contribution is -2.56. The smallest absolute Gasteiger partial charge is 0.409 e. The summed E-state index contributed by atoms with van der Waals surface area (Å²) in [6, 6.07) is 5.89. The van der Waals surface area contributed by atoms with Crippen molar-refractivity contribution in [3.05, 3.63) is 29.3 Å². The van der Waals surface area contributed by atoms with E-state index in [1.54, 1.807) is 33.5 Å². The van der Waals surface area contributed by atoms with Gasteiger partial charge in [0.15, 0.2) is 0 Å². The van der Waals surface area contributed by atoms with Crippen molar-refractivity contribution in [3.63, 3.8) is 0 Å². The van der Waals surface area contributed by atoms with Crippen molar-refractivity contribution >= 4 is 27.7 Å². The number of rotatable bonds is 7. The highest BCUT2D eigenvalue weighted by Crippen LogP contribution is 2.34. The first kappa shape index (κ1) is 27.7. The molecule has 0 N–H and O–H groups in total. The van der Waals surface area contributed by atoms with Gasteiger partial charge in [-0.15, -0.1) is 0 Å². The number of piperidine rings is 3. The molecule has 3 aliphatic rings. The molecule has 0 radical (unpaired) electrons. The van der Waals surface area contributed by atoms with Crippen molar-refractivity contribution in [3.8, 4) is 0 Å². The van der Waals surface area contributed by atoms with Gasteiger partial charge in [0.1, 0.15) is 6.61 Å². The molecule has 1 amide bonds. The lowest BCUT2D eigenvalue weighted by atomic mass is 9.86. The van der Waals surface area contributed by atoms with E-state index in [0.29, 0.717) is 24.5 Å². The molecule has 4 rings (SSSR count). The average molecular weight is 540 g/mol. The summed E-state index contributed by atoms with van der Waals surface area (Å²) in [7, 11) is -3.74. The predicted octanol–water partition coefficient (Wildman–Crippen LogP) is 5.53. The Balaban J connectivity index is 1.40. The Bertz CT molecular complexity index is 971. The Hall–Kier alpha value is -1.35. The number of sulfonamides is 1. The van der Waals surface area contributed by atoms with E-state index in [-0.39, 0.29) is 35.2 Å². The number of hydrogen-bond donors (Lipinski definition) is 0. The SMILES string of the molecule is CCC[C@H]1CCC[C@@H](COC(=O)N2CCC(C)(N3CCCCC3)CC2)N1S(=O)(=O)c1ccc(Cl)cc1. The van der Waals surface area contributed by atoms with Crippen LogP contribution in [0.2, 0.25) is 5.02 Å². The average Bonchev–Trinajstić information content (AvgIpc) is 2.88. The van der Waals surface area contributed by atoms with E-state index in [2.05, 4.69) is 18.7 Å². The molecule has 0 spiro atoms. The Morgan fingerprint density at radius 3 is 2.28 bits per heavy atom. The number of halogens is 1. The van der Waals surface area contributed by atoms with Crippen LogP contribution in [0.25, 0.3) is 0 Å². The Morgan fingerprint density at radius 2 is 1.64 bits per heavy atom. The molecule has 3 heterocycles. The highest BCUT2D eigenvalue weighted by atomic mass is 35.5. The van der Waals surface area contributed by atoms with Crippen LogP contribution in [0.4, 0.5) is 4.79 Å². The molecule has 1 aromatic rings. The molecule has 0 unspecified atom stereocenters. The third kappa shape index (κ3) is 6.20. The van der Waals surface area contributed by atoms with Crippen LogP contribution in [0.5, 0.6) is 0 Å². The minimum Gasteiger partial charge on any atom is -0.448 e. The molecule has 3 fully saturated rings. The second kappa shape index (κ2) is 12.0. The minimum atomic E-state index is -3.74. The minimum absolute atomic E-state index is 0.0890. The van der Waals surface area contributed by atoms with E-state index in [9.17, 15) is 13.2 Å². The third-order valence-electron chi connectivity index (χ3n) is 8.42. The van der Waals surface area contributed by atoms with Gasteiger partial charge in [0.05, 0.1) is 10.9 Å². The summed E-state index contributed by atoms with van der Waals surface area (Å²) >= 11 is 6.00. The van der Waals surface area contributed by atoms with Crippen molar-refractivity contribution in [1.29, 1.82) is 0 Å². The van der Waals surface area contributed by atoms with E-state index in [1.807, 2.05) is 0 Å². The second-order valence-corrected chi connectivity index (χ2v) is 13.2. The van der Waals surface area contributed by atoms with Gasteiger partial charge in [-0.3, -0.25) is 4.90 Å². The third-order valence-corrected chi connectivity index (χ3v) is 10.7. The summed E-state index contributed by atoms with van der Waals surface area (Å²) in [5.41, 5.74) is 0.150. The number of benzene rings is 1. The van der Waals surface area contributed by atoms with Crippen molar-refractivity contribution in [2.24, 2.45) is 0 Å². The van der Waals surface area contributed by atoms with E-state index >= 15 is 0 Å². The molecule has 3 saturated heterocycles. The number of carbonyl (C=O) groups is 1. The van der Waals surface area contributed by atoms with E-state index in [4.69, 9.17) is 16.3 Å². The summed E-state index contributed by atoms with van der Waals surface area (Å²) in [4.78, 5) is 17.6. The van der Waals surface area contributed by atoms with Gasteiger partial charge >= 0.3 is 6.09 Å². The largest absolute Gasteiger partial charge is 0.448 e. The van der Waals surface area contributed by atoms with Gasteiger partial charge in [0, 0.05) is 29.7 Å². The Labute approximate surface area is 222 Å². The van der Waals surface area contributed by atoms with Crippen LogP contribution in [0, 0.1) is 0 Å². The number of hydrogen-bond acceptors (Lipinski definition) is 5. The van der Waals surface area contributed by atoms with Gasteiger partial charge in [-0.05, 0) is 89.2 Å². The van der Waals surface area contributed by atoms with Crippen molar-refractivity contribution < 1.29 is 17.9 Å². The van der Waals surface area contributed by atoms with Gasteiger partial charge in [-0.1, -0.05) is 37.8 Å². The van der Waals surface area contributed by atoms with Crippen LogP contribution >= 0.6 is 11.6 Å². The van der Waals surface area contributed by atoms with Crippen LogP contribution < -0.4 is 0 Å². The quantitative estimate of drug-likeness (QED) is 0.455. The monoisotopic (exact) mass is 539 g/mol. The van der Waals surface area contributed by atoms with E-state index < -0.39 is 10.0 Å². The van der Waals surface area contributed by atoms with Gasteiger partial charge in [0.2, 0.25) is 10.0 Å². The topological polar surface area (TPSA) is 70.2 Å². The molecule has 202 valence electrons. The molecule has 0 bridgehead atoms. The van der Waals surface area contributed by atoms with Crippen molar-refractivity contribution in [1.82, 2.24) is 14.1 Å². The molecule has 3 aliphatic heterocycles. The van der Waals surface area contributed by atoms with Crippen LogP contribution in [0.1, 0.15) is 78.1 Å². The van der Waals surface area contributed by atoms with Gasteiger partial charge in [-0.25, -0.2) is 13.2 Å². The summed E-state index contributed by atoms with van der Waals surface area (Å²) in [6.45, 7) is 8.16. The zero-order chi connectivity index (χ0) is 25.8. The van der Waals surface area contributed by atoms with Crippen molar-refractivity contribution in [2.75, 3.05) is 32.8 Å². The number of likely N-dealkylation sites (tertiary alicyclic amines) is 2. The normalized spacial score (nSPS) is 26.0. The fourth-order valence-corrected chi connectivity index (χ4v) is 8.22. The summed E-state index contributed by atoms with van der Waals surface area (Å²) in [6.07, 6.45) is 9.53. The fourth-order valence-electron chi connectivity index (χ4n) is 6.20. The Morgan fingerprint density at radius 1 is 1.00 bits per heavy atom. The maximum atomic E-state index is 13.7. The van der Waals surface area contributed by atoms with Gasteiger partial charge in [-0.2, -0.15) is 4.31 Å². The molecule has 36 heavy (non-hydrogen) atoms. The molecule has 2 atom stereocenters. The maximum Gasteiger partial charge on any atom is 0.409 e. The van der Waals surface area contributed by atoms with E-state index in [1.165, 1.54) is 19.3 Å². The summed E-state index contributed by atoms with van der Waals surface area (Å²) < 4.78 is 34.8. The standard InChI is InChI=1S/C27H42ClN3O4S/c1-3-8-23-9-7-10-24(31(23)36(33,34)25-13-11-22(28)12-14-25)21-35-26(32)29-19-15-27(2,16-20-29)30-17-5-4-6-18-30/h11-14,23-24H,3-10,15-21H2,1-2H3/t23-,24-/m0/s1. The van der Waals surface area contributed by atoms with Crippen LogP contribution in [-0.2, 0) is 14.8 Å². The highest BCUT2D eigenvalue weighted by molar-refractivity contribution is 7.89. The zero-order valence-corrected chi connectivity index (χ0v) is 23.4. The second-order valence-electron chi connectivity index (χ2n) is 10.9. The first-order valence-electron chi connectivity index (χ1n) is 13.7. The van der Waals surface area contributed by atoms with E-state index in [0.717, 1.165) is 51.6 Å². The highest BCUT2D eigenvalue weighted by Gasteiger charge is 2.41. The first-order valence-corrected chi connectivity index (χ1v) is 15.5. The van der Waals surface area contributed by atoms with Crippen LogP contribution in [-0.4, -0.2) is 79.0 Å². The molecule has 0 aromatic heterocycles. The summed E-state index contributed by atoms with van der Waals surface area (Å²) in [5.74, 6) is 0.